The summed E-state index contributed by atoms with van der Waals surface area (Å²) in [5, 5.41) is 0. The third kappa shape index (κ3) is 1.77. The molecule has 0 radical (unpaired) electrons. The second-order valence-corrected chi connectivity index (χ2v) is 5.98. The van der Waals surface area contributed by atoms with E-state index in [0.717, 1.165) is 25.7 Å². The zero-order chi connectivity index (χ0) is 11.9. The standard InChI is InChI=1S/C15H22O/c1-10(2)12-8-13-7-11(3)5-6-15(13,4)14(16)9-12/h5,12-13H,1,6-9H2,2-4H3/t12-,13-,15-/m1/s1. The summed E-state index contributed by atoms with van der Waals surface area (Å²) in [7, 11) is 0. The first-order valence-corrected chi connectivity index (χ1v) is 6.28. The van der Waals surface area contributed by atoms with Crippen molar-refractivity contribution >= 4 is 5.78 Å². The maximum absolute atomic E-state index is 12.3. The number of hydrogen-bond acceptors (Lipinski definition) is 1. The molecular weight excluding hydrogens is 196 g/mol. The Hall–Kier alpha value is -0.850. The normalized spacial score (nSPS) is 38.9. The van der Waals surface area contributed by atoms with E-state index in [9.17, 15) is 4.79 Å². The Bertz CT molecular complexity index is 364. The van der Waals surface area contributed by atoms with Crippen LogP contribution in [0.1, 0.15) is 46.5 Å². The molecule has 0 unspecified atom stereocenters. The van der Waals surface area contributed by atoms with E-state index in [1.165, 1.54) is 11.1 Å². The molecule has 0 aromatic heterocycles. The lowest BCUT2D eigenvalue weighted by Crippen LogP contribution is -2.44. The van der Waals surface area contributed by atoms with Gasteiger partial charge in [-0.3, -0.25) is 4.79 Å². The Balaban J connectivity index is 2.26. The first-order valence-electron chi connectivity index (χ1n) is 6.28. The lowest BCUT2D eigenvalue weighted by molar-refractivity contribution is -0.135. The third-order valence-corrected chi connectivity index (χ3v) is 4.68. The van der Waals surface area contributed by atoms with Crippen molar-refractivity contribution in [2.75, 3.05) is 0 Å². The zero-order valence-electron chi connectivity index (χ0n) is 10.7. The van der Waals surface area contributed by atoms with Crippen molar-refractivity contribution in [2.24, 2.45) is 17.3 Å². The quantitative estimate of drug-likeness (QED) is 0.610. The van der Waals surface area contributed by atoms with Crippen molar-refractivity contribution in [1.29, 1.82) is 0 Å². The van der Waals surface area contributed by atoms with Crippen LogP contribution in [0.15, 0.2) is 23.8 Å². The molecule has 1 fully saturated rings. The molecule has 3 atom stereocenters. The number of allylic oxidation sites excluding steroid dienone is 3. The predicted molar refractivity (Wildman–Crippen MR) is 67.1 cm³/mol. The Morgan fingerprint density at radius 3 is 2.81 bits per heavy atom. The summed E-state index contributed by atoms with van der Waals surface area (Å²) in [5.41, 5.74) is 2.56. The van der Waals surface area contributed by atoms with Crippen molar-refractivity contribution in [3.05, 3.63) is 23.8 Å². The molecule has 2 aliphatic rings. The molecule has 0 amide bonds. The lowest BCUT2D eigenvalue weighted by atomic mass is 9.57. The fraction of sp³-hybridized carbons (Fsp3) is 0.667. The molecule has 0 aromatic rings. The largest absolute Gasteiger partial charge is 0.299 e. The van der Waals surface area contributed by atoms with E-state index < -0.39 is 0 Å². The highest BCUT2D eigenvalue weighted by Gasteiger charge is 2.46. The third-order valence-electron chi connectivity index (χ3n) is 4.68. The second kappa shape index (κ2) is 3.87. The van der Waals surface area contributed by atoms with Gasteiger partial charge in [0.25, 0.3) is 0 Å². The van der Waals surface area contributed by atoms with Crippen LogP contribution >= 0.6 is 0 Å². The highest BCUT2D eigenvalue weighted by molar-refractivity contribution is 5.86. The second-order valence-electron chi connectivity index (χ2n) is 5.98. The Kier molecular flexibility index (Phi) is 2.81. The first-order chi connectivity index (χ1) is 7.43. The van der Waals surface area contributed by atoms with Gasteiger partial charge in [0.15, 0.2) is 0 Å². The maximum atomic E-state index is 12.3. The topological polar surface area (TPSA) is 17.1 Å². The number of carbonyl (C=O) groups is 1. The summed E-state index contributed by atoms with van der Waals surface area (Å²) in [4.78, 5) is 12.3. The molecule has 0 aromatic carbocycles. The van der Waals surface area contributed by atoms with Crippen molar-refractivity contribution in [3.8, 4) is 0 Å². The van der Waals surface area contributed by atoms with Crippen LogP contribution < -0.4 is 0 Å². The van der Waals surface area contributed by atoms with Gasteiger partial charge in [0.05, 0.1) is 0 Å². The lowest BCUT2D eigenvalue weighted by Gasteiger charge is -2.45. The van der Waals surface area contributed by atoms with E-state index in [2.05, 4.69) is 33.4 Å². The monoisotopic (exact) mass is 218 g/mol. The minimum atomic E-state index is -0.0779. The Morgan fingerprint density at radius 1 is 1.50 bits per heavy atom. The molecule has 1 saturated carbocycles. The molecule has 1 nitrogen and oxygen atoms in total. The molecule has 2 rings (SSSR count). The molecule has 0 aliphatic heterocycles. The van der Waals surface area contributed by atoms with Crippen LogP contribution in [0.2, 0.25) is 0 Å². The van der Waals surface area contributed by atoms with Crippen LogP contribution in [-0.4, -0.2) is 5.78 Å². The summed E-state index contributed by atoms with van der Waals surface area (Å²) in [6.07, 6.45) is 6.19. The van der Waals surface area contributed by atoms with Gasteiger partial charge < -0.3 is 0 Å². The van der Waals surface area contributed by atoms with E-state index >= 15 is 0 Å². The highest BCUT2D eigenvalue weighted by Crippen LogP contribution is 2.50. The van der Waals surface area contributed by atoms with Crippen LogP contribution in [0, 0.1) is 17.3 Å². The number of hydrogen-bond donors (Lipinski definition) is 0. The highest BCUT2D eigenvalue weighted by atomic mass is 16.1. The Labute approximate surface area is 98.6 Å². The van der Waals surface area contributed by atoms with E-state index in [1.807, 2.05) is 0 Å². The Morgan fingerprint density at radius 2 is 2.19 bits per heavy atom. The summed E-state index contributed by atoms with van der Waals surface area (Å²) < 4.78 is 0. The molecule has 0 heterocycles. The molecule has 1 heteroatoms. The van der Waals surface area contributed by atoms with Gasteiger partial charge in [-0.1, -0.05) is 30.7 Å². The summed E-state index contributed by atoms with van der Waals surface area (Å²) >= 11 is 0. The molecule has 16 heavy (non-hydrogen) atoms. The van der Waals surface area contributed by atoms with Crippen LogP contribution in [0.5, 0.6) is 0 Å². The average molecular weight is 218 g/mol. The van der Waals surface area contributed by atoms with Gasteiger partial charge in [0.1, 0.15) is 5.78 Å². The molecule has 0 spiro atoms. The number of carbonyl (C=O) groups excluding carboxylic acids is 1. The molecule has 88 valence electrons. The van der Waals surface area contributed by atoms with Gasteiger partial charge in [0.2, 0.25) is 0 Å². The summed E-state index contributed by atoms with van der Waals surface area (Å²) in [5.74, 6) is 1.43. The van der Waals surface area contributed by atoms with Gasteiger partial charge in [0, 0.05) is 11.8 Å². The van der Waals surface area contributed by atoms with Gasteiger partial charge in [-0.15, -0.1) is 0 Å². The van der Waals surface area contributed by atoms with E-state index in [4.69, 9.17) is 0 Å². The fourth-order valence-electron chi connectivity index (χ4n) is 3.19. The average Bonchev–Trinajstić information content (AvgIpc) is 2.21. The van der Waals surface area contributed by atoms with Gasteiger partial charge >= 0.3 is 0 Å². The number of fused-ring (bicyclic) bond motifs is 1. The van der Waals surface area contributed by atoms with E-state index in [0.29, 0.717) is 17.6 Å². The number of Topliss-reactive ketones (excluding diaryl/α,β-unsaturated/α-hetero) is 1. The van der Waals surface area contributed by atoms with E-state index in [-0.39, 0.29) is 5.41 Å². The summed E-state index contributed by atoms with van der Waals surface area (Å²) in [6.45, 7) is 10.4. The van der Waals surface area contributed by atoms with Crippen molar-refractivity contribution in [2.45, 2.75) is 46.5 Å². The van der Waals surface area contributed by atoms with Crippen LogP contribution in [-0.2, 0) is 4.79 Å². The minimum absolute atomic E-state index is 0.0779. The van der Waals surface area contributed by atoms with Crippen LogP contribution in [0.4, 0.5) is 0 Å². The molecular formula is C15H22O. The van der Waals surface area contributed by atoms with Gasteiger partial charge in [-0.2, -0.15) is 0 Å². The van der Waals surface area contributed by atoms with Gasteiger partial charge in [-0.25, -0.2) is 0 Å². The summed E-state index contributed by atoms with van der Waals surface area (Å²) in [6, 6.07) is 0. The molecule has 0 bridgehead atoms. The van der Waals surface area contributed by atoms with Crippen molar-refractivity contribution in [1.82, 2.24) is 0 Å². The zero-order valence-corrected chi connectivity index (χ0v) is 10.7. The van der Waals surface area contributed by atoms with Gasteiger partial charge in [-0.05, 0) is 44.9 Å². The molecule has 0 N–H and O–H groups in total. The maximum Gasteiger partial charge on any atom is 0.139 e. The smallest absolute Gasteiger partial charge is 0.139 e. The van der Waals surface area contributed by atoms with Crippen molar-refractivity contribution < 1.29 is 4.79 Å². The first kappa shape index (κ1) is 11.6. The van der Waals surface area contributed by atoms with Crippen LogP contribution in [0.3, 0.4) is 0 Å². The fourth-order valence-corrected chi connectivity index (χ4v) is 3.19. The van der Waals surface area contributed by atoms with Crippen LogP contribution in [0.25, 0.3) is 0 Å². The predicted octanol–water partition coefficient (Wildman–Crippen LogP) is 3.90. The number of ketones is 1. The molecule has 2 aliphatic carbocycles. The van der Waals surface area contributed by atoms with Crippen molar-refractivity contribution in [3.63, 3.8) is 0 Å². The SMILES string of the molecule is C=C(C)[C@H]1CC(=O)[C@]2(C)CC=C(C)C[C@@H]2C1. The number of rotatable bonds is 1. The van der Waals surface area contributed by atoms with E-state index in [1.54, 1.807) is 0 Å². The minimum Gasteiger partial charge on any atom is -0.299 e. The molecule has 0 saturated heterocycles.